The number of aromatic hydroxyl groups is 1. The van der Waals surface area contributed by atoms with Gasteiger partial charge in [-0.15, -0.1) is 11.8 Å². The molecule has 0 saturated heterocycles. The van der Waals surface area contributed by atoms with Crippen LogP contribution in [0, 0.1) is 11.2 Å². The van der Waals surface area contributed by atoms with Crippen LogP contribution in [0.2, 0.25) is 0 Å². The van der Waals surface area contributed by atoms with E-state index in [1.54, 1.807) is 37.7 Å². The van der Waals surface area contributed by atoms with E-state index in [9.17, 15) is 19.1 Å². The Balaban J connectivity index is 2.29. The number of nitrogens with one attached hydrogen (secondary N) is 1. The lowest BCUT2D eigenvalue weighted by Gasteiger charge is -2.31. The number of phenolic OH excluding ortho intramolecular Hbond substituents is 1. The van der Waals surface area contributed by atoms with E-state index in [1.165, 1.54) is 12.1 Å². The van der Waals surface area contributed by atoms with Gasteiger partial charge in [-0.25, -0.2) is 14.0 Å². The molecule has 3 N–H and O–H groups in total. The van der Waals surface area contributed by atoms with Gasteiger partial charge in [0.25, 0.3) is 0 Å². The first-order valence-corrected chi connectivity index (χ1v) is 9.87. The maximum absolute atomic E-state index is 13.9. The first-order chi connectivity index (χ1) is 13.6. The molecule has 6 nitrogen and oxygen atoms in total. The van der Waals surface area contributed by atoms with Gasteiger partial charge in [-0.3, -0.25) is 5.32 Å². The maximum Gasteiger partial charge on any atom is 0.412 e. The molecule has 2 aromatic rings. The van der Waals surface area contributed by atoms with Gasteiger partial charge in [-0.1, -0.05) is 26.0 Å². The lowest BCUT2D eigenvalue weighted by Crippen LogP contribution is -2.28. The molecule has 29 heavy (non-hydrogen) atoms. The van der Waals surface area contributed by atoms with Crippen LogP contribution in [0.5, 0.6) is 5.75 Å². The number of carboxylic acids is 1. The summed E-state index contributed by atoms with van der Waals surface area (Å²) in [6, 6.07) is 10.7. The van der Waals surface area contributed by atoms with Gasteiger partial charge < -0.3 is 14.9 Å². The Morgan fingerprint density at radius 1 is 1.21 bits per heavy atom. The summed E-state index contributed by atoms with van der Waals surface area (Å²) in [5, 5.41) is 21.0. The number of benzene rings is 2. The molecule has 0 aliphatic rings. The summed E-state index contributed by atoms with van der Waals surface area (Å²) in [6.45, 7) is 3.31. The first kappa shape index (κ1) is 22.3. The number of thioether (sulfide) groups is 1. The number of hydrogen-bond donors (Lipinski definition) is 3. The molecule has 0 radical (unpaired) electrons. The van der Waals surface area contributed by atoms with Crippen molar-refractivity contribution >= 4 is 29.5 Å². The molecule has 1 amide bonds. The zero-order valence-corrected chi connectivity index (χ0v) is 17.0. The number of carbonyl (C=O) groups excluding carboxylic acids is 1. The van der Waals surface area contributed by atoms with Crippen molar-refractivity contribution in [1.29, 1.82) is 0 Å². The number of carboxylic acid groups (broad SMARTS) is 1. The minimum atomic E-state index is -1.16. The van der Waals surface area contributed by atoms with E-state index in [4.69, 9.17) is 9.84 Å². The molecular formula is C21H22FNO5S. The van der Waals surface area contributed by atoms with E-state index in [2.05, 4.69) is 5.32 Å². The van der Waals surface area contributed by atoms with E-state index in [-0.39, 0.29) is 5.56 Å². The zero-order chi connectivity index (χ0) is 21.6. The summed E-state index contributed by atoms with van der Waals surface area (Å²) in [5.74, 6) is -2.57. The second-order valence-electron chi connectivity index (χ2n) is 6.84. The largest absolute Gasteiger partial charge is 0.505 e. The molecule has 2 rings (SSSR count). The Bertz CT molecular complexity index is 912. The molecule has 8 heteroatoms. The average Bonchev–Trinajstić information content (AvgIpc) is 2.67. The predicted octanol–water partition coefficient (Wildman–Crippen LogP) is 5.21. The van der Waals surface area contributed by atoms with Crippen molar-refractivity contribution in [2.45, 2.75) is 24.8 Å². The van der Waals surface area contributed by atoms with Gasteiger partial charge in [0.05, 0.1) is 0 Å². The molecule has 0 saturated carbocycles. The van der Waals surface area contributed by atoms with Crippen molar-refractivity contribution in [1.82, 2.24) is 0 Å². The van der Waals surface area contributed by atoms with E-state index in [0.29, 0.717) is 5.69 Å². The fourth-order valence-electron chi connectivity index (χ4n) is 2.64. The summed E-state index contributed by atoms with van der Waals surface area (Å²) in [7, 11) is 0. The highest BCUT2D eigenvalue weighted by Gasteiger charge is 2.33. The van der Waals surface area contributed by atoms with Gasteiger partial charge in [0.2, 0.25) is 0 Å². The van der Waals surface area contributed by atoms with Crippen LogP contribution in [0.1, 0.15) is 25.5 Å². The molecule has 0 bridgehead atoms. The van der Waals surface area contributed by atoms with Gasteiger partial charge >= 0.3 is 12.1 Å². The first-order valence-electron chi connectivity index (χ1n) is 8.64. The highest BCUT2D eigenvalue weighted by atomic mass is 32.2. The summed E-state index contributed by atoms with van der Waals surface area (Å²) < 4.78 is 19.4. The molecule has 154 valence electrons. The van der Waals surface area contributed by atoms with Gasteiger partial charge in [0.1, 0.15) is 6.10 Å². The maximum atomic E-state index is 13.9. The van der Waals surface area contributed by atoms with E-state index in [1.807, 2.05) is 18.4 Å². The zero-order valence-electron chi connectivity index (χ0n) is 16.2. The fraction of sp³-hybridized carbons (Fsp3) is 0.238. The number of hydrogen-bond acceptors (Lipinski definition) is 5. The van der Waals surface area contributed by atoms with Crippen LogP contribution in [-0.2, 0) is 9.53 Å². The van der Waals surface area contributed by atoms with Crippen LogP contribution in [0.3, 0.4) is 0 Å². The topological polar surface area (TPSA) is 95.9 Å². The molecule has 0 aliphatic heterocycles. The van der Waals surface area contributed by atoms with Crippen LogP contribution >= 0.6 is 11.8 Å². The third-order valence-corrected chi connectivity index (χ3v) is 4.91. The second-order valence-corrected chi connectivity index (χ2v) is 7.72. The third kappa shape index (κ3) is 6.25. The minimum absolute atomic E-state index is 0.271. The lowest BCUT2D eigenvalue weighted by molar-refractivity contribution is -0.131. The molecule has 0 aromatic heterocycles. The van der Waals surface area contributed by atoms with E-state index in [0.717, 1.165) is 23.1 Å². The van der Waals surface area contributed by atoms with Crippen LogP contribution < -0.4 is 5.32 Å². The Kier molecular flexibility index (Phi) is 7.28. The van der Waals surface area contributed by atoms with Gasteiger partial charge in [-0.2, -0.15) is 0 Å². The molecule has 0 fully saturated rings. The Hall–Kier alpha value is -3.00. The normalized spacial score (nSPS) is 12.6. The number of ether oxygens (including phenoxy) is 1. The number of carbonyl (C=O) groups is 2. The number of phenols is 1. The number of halogens is 1. The highest BCUT2D eigenvalue weighted by Crippen LogP contribution is 2.39. The van der Waals surface area contributed by atoms with Gasteiger partial charge in [0, 0.05) is 22.1 Å². The van der Waals surface area contributed by atoms with Crippen molar-refractivity contribution in [3.63, 3.8) is 0 Å². The van der Waals surface area contributed by atoms with Crippen molar-refractivity contribution < 1.29 is 28.9 Å². The SMILES string of the molecule is CSc1ccc(NC(=O)O[C@@H](c2ccc(O)c(F)c2)C(C)(C)/C=C/C(=O)O)cc1. The monoisotopic (exact) mass is 419 g/mol. The van der Waals surface area contributed by atoms with Crippen molar-refractivity contribution in [2.75, 3.05) is 11.6 Å². The summed E-state index contributed by atoms with van der Waals surface area (Å²) >= 11 is 1.56. The van der Waals surface area contributed by atoms with E-state index < -0.39 is 35.1 Å². The Morgan fingerprint density at radius 3 is 2.41 bits per heavy atom. The smallest absolute Gasteiger partial charge is 0.412 e. The van der Waals surface area contributed by atoms with Crippen LogP contribution in [0.4, 0.5) is 14.9 Å². The standard InChI is InChI=1S/C21H22FNO5S/c1-21(2,11-10-18(25)26)19(13-4-9-17(24)16(22)12-13)28-20(27)23-14-5-7-15(29-3)8-6-14/h4-12,19,24H,1-3H3,(H,23,27)(H,25,26)/b11-10+/t19-/m0/s1. The van der Waals surface area contributed by atoms with Crippen LogP contribution in [0.25, 0.3) is 0 Å². The molecule has 0 unspecified atom stereocenters. The number of amides is 1. The summed E-state index contributed by atoms with van der Waals surface area (Å²) in [6.07, 6.45) is 2.44. The van der Waals surface area contributed by atoms with Gasteiger partial charge in [0.15, 0.2) is 11.6 Å². The molecule has 2 aromatic carbocycles. The van der Waals surface area contributed by atoms with Gasteiger partial charge in [-0.05, 0) is 48.2 Å². The fourth-order valence-corrected chi connectivity index (χ4v) is 3.05. The lowest BCUT2D eigenvalue weighted by atomic mass is 9.82. The predicted molar refractivity (Wildman–Crippen MR) is 110 cm³/mol. The van der Waals surface area contributed by atoms with Crippen LogP contribution in [-0.4, -0.2) is 28.5 Å². The number of anilines is 1. The molecular weight excluding hydrogens is 397 g/mol. The molecule has 0 heterocycles. The number of rotatable bonds is 7. The highest BCUT2D eigenvalue weighted by molar-refractivity contribution is 7.98. The minimum Gasteiger partial charge on any atom is -0.505 e. The summed E-state index contributed by atoms with van der Waals surface area (Å²) in [5.41, 5.74) is -0.197. The Labute approximate surface area is 172 Å². The molecule has 0 spiro atoms. The quantitative estimate of drug-likeness (QED) is 0.421. The molecule has 1 atom stereocenters. The van der Waals surface area contributed by atoms with Crippen molar-refractivity contribution in [3.8, 4) is 5.75 Å². The second kappa shape index (κ2) is 9.47. The third-order valence-electron chi connectivity index (χ3n) is 4.17. The van der Waals surface area contributed by atoms with Crippen molar-refractivity contribution in [3.05, 3.63) is 66.0 Å². The average molecular weight is 419 g/mol. The molecule has 0 aliphatic carbocycles. The Morgan fingerprint density at radius 2 is 1.86 bits per heavy atom. The van der Waals surface area contributed by atoms with Crippen LogP contribution in [0.15, 0.2) is 59.5 Å². The van der Waals surface area contributed by atoms with Crippen molar-refractivity contribution in [2.24, 2.45) is 5.41 Å². The number of aliphatic carboxylic acids is 1. The van der Waals surface area contributed by atoms with E-state index >= 15 is 0 Å². The summed E-state index contributed by atoms with van der Waals surface area (Å²) in [4.78, 5) is 24.4.